The molecule has 0 fully saturated rings. The first-order chi connectivity index (χ1) is 9.97. The molecule has 0 aliphatic carbocycles. The summed E-state index contributed by atoms with van der Waals surface area (Å²) in [5, 5.41) is 0. The van der Waals surface area contributed by atoms with Crippen LogP contribution in [0.1, 0.15) is 60.5 Å². The molecule has 2 aromatic rings. The molecule has 1 nitrogen and oxygen atoms in total. The van der Waals surface area contributed by atoms with E-state index in [1.807, 2.05) is 6.21 Å². The second-order valence-electron chi connectivity index (χ2n) is 6.14. The van der Waals surface area contributed by atoms with E-state index >= 15 is 0 Å². The van der Waals surface area contributed by atoms with E-state index < -0.39 is 0 Å². The van der Waals surface area contributed by atoms with Gasteiger partial charge in [0, 0.05) is 6.21 Å². The molecular weight excluding hydrogens is 254 g/mol. The van der Waals surface area contributed by atoms with Gasteiger partial charge >= 0.3 is 0 Å². The zero-order valence-electron chi connectivity index (χ0n) is 13.7. The topological polar surface area (TPSA) is 12.4 Å². The molecule has 0 saturated heterocycles. The molecule has 0 aliphatic heterocycles. The Hall–Kier alpha value is -1.89. The van der Waals surface area contributed by atoms with Crippen molar-refractivity contribution in [3.63, 3.8) is 0 Å². The molecule has 1 unspecified atom stereocenters. The molecule has 0 amide bonds. The van der Waals surface area contributed by atoms with Gasteiger partial charge in [-0.15, -0.1) is 0 Å². The predicted octanol–water partition coefficient (Wildman–Crippen LogP) is 5.61. The molecule has 0 aromatic heterocycles. The van der Waals surface area contributed by atoms with Crippen LogP contribution in [0.15, 0.2) is 47.5 Å². The summed E-state index contributed by atoms with van der Waals surface area (Å²) in [6.45, 7) is 10.9. The summed E-state index contributed by atoms with van der Waals surface area (Å²) in [5.41, 5.74) is 6.45. The Morgan fingerprint density at radius 2 is 1.57 bits per heavy atom. The van der Waals surface area contributed by atoms with Crippen LogP contribution in [0.25, 0.3) is 0 Å². The van der Waals surface area contributed by atoms with Gasteiger partial charge in [0.15, 0.2) is 0 Å². The summed E-state index contributed by atoms with van der Waals surface area (Å²) in [5.74, 6) is 0.574. The van der Waals surface area contributed by atoms with E-state index in [1.54, 1.807) is 0 Å². The lowest BCUT2D eigenvalue weighted by molar-refractivity contribution is 0.816. The van der Waals surface area contributed by atoms with Crippen molar-refractivity contribution in [1.29, 1.82) is 0 Å². The average Bonchev–Trinajstić information content (AvgIpc) is 2.45. The van der Waals surface area contributed by atoms with Crippen LogP contribution >= 0.6 is 0 Å². The zero-order chi connectivity index (χ0) is 15.4. The number of rotatable bonds is 4. The van der Waals surface area contributed by atoms with Gasteiger partial charge in [0.05, 0.1) is 6.04 Å². The highest BCUT2D eigenvalue weighted by atomic mass is 14.8. The molecule has 2 aromatic carbocycles. The first-order valence-corrected chi connectivity index (χ1v) is 7.67. The van der Waals surface area contributed by atoms with Gasteiger partial charge in [0.25, 0.3) is 0 Å². The Labute approximate surface area is 128 Å². The van der Waals surface area contributed by atoms with Crippen LogP contribution in [0.4, 0.5) is 0 Å². The van der Waals surface area contributed by atoms with Crippen molar-refractivity contribution in [3.8, 4) is 0 Å². The smallest absolute Gasteiger partial charge is 0.0723 e. The number of aliphatic imine (C=N–C) groups is 1. The average molecular weight is 279 g/mol. The third-order valence-electron chi connectivity index (χ3n) is 3.93. The molecule has 110 valence electrons. The van der Waals surface area contributed by atoms with E-state index in [4.69, 9.17) is 4.99 Å². The van der Waals surface area contributed by atoms with E-state index in [9.17, 15) is 0 Å². The van der Waals surface area contributed by atoms with Crippen LogP contribution in [0.5, 0.6) is 0 Å². The van der Waals surface area contributed by atoms with E-state index in [2.05, 4.69) is 77.1 Å². The maximum atomic E-state index is 4.70. The van der Waals surface area contributed by atoms with Crippen LogP contribution in [0.2, 0.25) is 0 Å². The van der Waals surface area contributed by atoms with Crippen molar-refractivity contribution in [1.82, 2.24) is 0 Å². The lowest BCUT2D eigenvalue weighted by Crippen LogP contribution is -1.95. The summed E-state index contributed by atoms with van der Waals surface area (Å²) in [6.07, 6.45) is 1.98. The Kier molecular flexibility index (Phi) is 4.95. The van der Waals surface area contributed by atoms with Crippen molar-refractivity contribution >= 4 is 6.21 Å². The second kappa shape index (κ2) is 6.71. The third kappa shape index (κ3) is 4.04. The maximum Gasteiger partial charge on any atom is 0.0723 e. The quantitative estimate of drug-likeness (QED) is 0.645. The summed E-state index contributed by atoms with van der Waals surface area (Å²) in [6, 6.07) is 15.4. The summed E-state index contributed by atoms with van der Waals surface area (Å²) in [7, 11) is 0. The van der Waals surface area contributed by atoms with Crippen molar-refractivity contribution in [3.05, 3.63) is 70.3 Å². The first-order valence-electron chi connectivity index (χ1n) is 7.67. The van der Waals surface area contributed by atoms with Gasteiger partial charge in [0.2, 0.25) is 0 Å². The lowest BCUT2D eigenvalue weighted by atomic mass is 10.0. The normalized spacial score (nSPS) is 13.0. The molecule has 0 aliphatic rings. The molecule has 1 atom stereocenters. The number of aryl methyl sites for hydroxylation is 2. The Balaban J connectivity index is 2.12. The fourth-order valence-electron chi connectivity index (χ4n) is 2.54. The minimum Gasteiger partial charge on any atom is -0.285 e. The molecule has 0 heterocycles. The van der Waals surface area contributed by atoms with Gasteiger partial charge in [-0.05, 0) is 48.9 Å². The highest BCUT2D eigenvalue weighted by Crippen LogP contribution is 2.22. The molecule has 21 heavy (non-hydrogen) atoms. The van der Waals surface area contributed by atoms with Crippen molar-refractivity contribution in [2.45, 2.75) is 46.6 Å². The summed E-state index contributed by atoms with van der Waals surface area (Å²) < 4.78 is 0. The van der Waals surface area contributed by atoms with Crippen LogP contribution in [-0.2, 0) is 0 Å². The molecule has 0 spiro atoms. The number of hydrogen-bond acceptors (Lipinski definition) is 1. The van der Waals surface area contributed by atoms with E-state index in [0.717, 1.165) is 5.56 Å². The Bertz CT molecular complexity index is 621. The van der Waals surface area contributed by atoms with Gasteiger partial charge in [-0.3, -0.25) is 4.99 Å². The minimum absolute atomic E-state index is 0.190. The van der Waals surface area contributed by atoms with E-state index in [-0.39, 0.29) is 6.04 Å². The van der Waals surface area contributed by atoms with E-state index in [0.29, 0.717) is 5.92 Å². The lowest BCUT2D eigenvalue weighted by Gasteiger charge is -2.11. The monoisotopic (exact) mass is 279 g/mol. The fourth-order valence-corrected chi connectivity index (χ4v) is 2.54. The summed E-state index contributed by atoms with van der Waals surface area (Å²) >= 11 is 0. The molecule has 0 saturated carbocycles. The Morgan fingerprint density at radius 1 is 0.905 bits per heavy atom. The minimum atomic E-state index is 0.190. The maximum absolute atomic E-state index is 4.70. The number of benzene rings is 2. The van der Waals surface area contributed by atoms with Crippen molar-refractivity contribution in [2.24, 2.45) is 4.99 Å². The molecular formula is C20H25N. The molecule has 0 bridgehead atoms. The number of hydrogen-bond donors (Lipinski definition) is 0. The fraction of sp³-hybridized carbons (Fsp3) is 0.350. The molecule has 0 radical (unpaired) electrons. The summed E-state index contributed by atoms with van der Waals surface area (Å²) in [4.78, 5) is 4.70. The first kappa shape index (κ1) is 15.5. The largest absolute Gasteiger partial charge is 0.285 e. The highest BCUT2D eigenvalue weighted by Gasteiger charge is 2.06. The number of nitrogens with zero attached hydrogens (tertiary/aromatic N) is 1. The van der Waals surface area contributed by atoms with Gasteiger partial charge in [-0.25, -0.2) is 0 Å². The van der Waals surface area contributed by atoms with Crippen LogP contribution < -0.4 is 0 Å². The Morgan fingerprint density at radius 3 is 2.14 bits per heavy atom. The second-order valence-corrected chi connectivity index (χ2v) is 6.14. The SMILES string of the molecule is Cc1ccc(C(C)/N=C\c2ccc(C(C)C)cc2)c(C)c1. The van der Waals surface area contributed by atoms with Gasteiger partial charge in [0.1, 0.15) is 0 Å². The van der Waals surface area contributed by atoms with Crippen molar-refractivity contribution < 1.29 is 0 Å². The van der Waals surface area contributed by atoms with Crippen LogP contribution in [-0.4, -0.2) is 6.21 Å². The van der Waals surface area contributed by atoms with Crippen LogP contribution in [0, 0.1) is 13.8 Å². The zero-order valence-corrected chi connectivity index (χ0v) is 13.7. The molecule has 0 N–H and O–H groups in total. The van der Waals surface area contributed by atoms with Gasteiger partial charge in [-0.2, -0.15) is 0 Å². The third-order valence-corrected chi connectivity index (χ3v) is 3.93. The standard InChI is InChI=1S/C20H25N/c1-14(2)19-9-7-18(8-10-19)13-21-17(5)20-11-6-15(3)12-16(20)4/h6-14,17H,1-5H3/b21-13-. The highest BCUT2D eigenvalue weighted by molar-refractivity contribution is 5.79. The van der Waals surface area contributed by atoms with E-state index in [1.165, 1.54) is 22.3 Å². The van der Waals surface area contributed by atoms with Gasteiger partial charge < -0.3 is 0 Å². The van der Waals surface area contributed by atoms with Gasteiger partial charge in [-0.1, -0.05) is 61.9 Å². The van der Waals surface area contributed by atoms with Crippen molar-refractivity contribution in [2.75, 3.05) is 0 Å². The molecule has 1 heteroatoms. The predicted molar refractivity (Wildman–Crippen MR) is 92.5 cm³/mol. The molecule has 2 rings (SSSR count). The van der Waals surface area contributed by atoms with Crippen LogP contribution in [0.3, 0.4) is 0 Å².